The summed E-state index contributed by atoms with van der Waals surface area (Å²) in [5.74, 6) is -8.59. The summed E-state index contributed by atoms with van der Waals surface area (Å²) in [6, 6.07) is 1.50. The summed E-state index contributed by atoms with van der Waals surface area (Å²) in [6.07, 6.45) is 3.49. The molecule has 1 saturated carbocycles. The molecule has 1 aliphatic heterocycles. The first-order chi connectivity index (χ1) is 22.2. The fraction of sp³-hybridized carbons (Fsp3) is 0.625. The number of nitrogens with zero attached hydrogens (tertiary/aromatic N) is 4. The molecule has 2 aliphatic rings. The van der Waals surface area contributed by atoms with Crippen LogP contribution in [0.3, 0.4) is 0 Å². The summed E-state index contributed by atoms with van der Waals surface area (Å²) >= 11 is 0. The number of alkyl halides is 2. The molecule has 1 aromatic carbocycles. The lowest BCUT2D eigenvalue weighted by molar-refractivity contribution is -0.148. The minimum Gasteiger partial charge on any atom is -0.339 e. The maximum atomic E-state index is 15.6. The summed E-state index contributed by atoms with van der Waals surface area (Å²) in [4.78, 5) is 56.0. The third-order valence-corrected chi connectivity index (χ3v) is 9.25. The highest BCUT2D eigenvalue weighted by atomic mass is 19.3. The zero-order valence-corrected chi connectivity index (χ0v) is 27.4. The molecule has 4 amide bonds. The van der Waals surface area contributed by atoms with Crippen LogP contribution >= 0.6 is 0 Å². The molecule has 0 bridgehead atoms. The van der Waals surface area contributed by atoms with E-state index < -0.39 is 53.4 Å². The second-order valence-electron chi connectivity index (χ2n) is 12.9. The van der Waals surface area contributed by atoms with Gasteiger partial charge in [-0.3, -0.25) is 19.2 Å². The zero-order chi connectivity index (χ0) is 34.5. The van der Waals surface area contributed by atoms with Gasteiger partial charge in [0.15, 0.2) is 5.69 Å². The van der Waals surface area contributed by atoms with Crippen LogP contribution in [0.2, 0.25) is 0 Å². The Balaban J connectivity index is 1.54. The number of aryl methyl sites for hydroxylation is 1. The minimum absolute atomic E-state index is 0.0207. The van der Waals surface area contributed by atoms with Crippen molar-refractivity contribution in [3.63, 3.8) is 0 Å². The van der Waals surface area contributed by atoms with E-state index in [4.69, 9.17) is 4.63 Å². The molecule has 258 valence electrons. The van der Waals surface area contributed by atoms with Crippen molar-refractivity contribution in [1.29, 1.82) is 0 Å². The molecule has 2 aromatic rings. The van der Waals surface area contributed by atoms with Gasteiger partial charge in [-0.1, -0.05) is 44.8 Å². The van der Waals surface area contributed by atoms with Crippen LogP contribution in [0.5, 0.6) is 0 Å². The van der Waals surface area contributed by atoms with E-state index >= 15 is 4.39 Å². The molecule has 0 spiro atoms. The first-order valence-electron chi connectivity index (χ1n) is 16.1. The van der Waals surface area contributed by atoms with Gasteiger partial charge in [-0.15, -0.1) is 0 Å². The van der Waals surface area contributed by atoms with Crippen LogP contribution in [0.15, 0.2) is 22.8 Å². The van der Waals surface area contributed by atoms with Crippen molar-refractivity contribution in [2.45, 2.75) is 83.7 Å². The Hall–Kier alpha value is -4.01. The zero-order valence-electron chi connectivity index (χ0n) is 27.4. The van der Waals surface area contributed by atoms with Crippen molar-refractivity contribution in [1.82, 2.24) is 30.7 Å². The van der Waals surface area contributed by atoms with Crippen LogP contribution < -0.4 is 16.0 Å². The molecule has 3 N–H and O–H groups in total. The van der Waals surface area contributed by atoms with Gasteiger partial charge >= 0.3 is 5.92 Å². The van der Waals surface area contributed by atoms with Crippen molar-refractivity contribution in [3.8, 4) is 0 Å². The number of nitrogens with one attached hydrogen (secondary N) is 3. The largest absolute Gasteiger partial charge is 0.339 e. The molecular weight excluding hydrogens is 619 g/mol. The molecule has 47 heavy (non-hydrogen) atoms. The monoisotopic (exact) mass is 663 g/mol. The normalized spacial score (nSPS) is 21.0. The number of benzene rings is 1. The van der Waals surface area contributed by atoms with Crippen LogP contribution in [-0.2, 0) is 20.8 Å². The first kappa shape index (κ1) is 35.8. The highest BCUT2D eigenvalue weighted by Gasteiger charge is 2.40. The average Bonchev–Trinajstić information content (AvgIpc) is 3.52. The molecule has 1 aliphatic carbocycles. The third-order valence-electron chi connectivity index (χ3n) is 9.25. The fourth-order valence-corrected chi connectivity index (χ4v) is 6.05. The Morgan fingerprint density at radius 2 is 1.70 bits per heavy atom. The quantitative estimate of drug-likeness (QED) is 0.332. The summed E-state index contributed by atoms with van der Waals surface area (Å²) in [5, 5.41) is 14.9. The van der Waals surface area contributed by atoms with E-state index in [0.29, 0.717) is 64.0 Å². The first-order valence-corrected chi connectivity index (χ1v) is 16.1. The molecular formula is C32H44F3N7O5. The Morgan fingerprint density at radius 1 is 1.04 bits per heavy atom. The number of amides is 4. The van der Waals surface area contributed by atoms with E-state index in [0.717, 1.165) is 18.9 Å². The lowest BCUT2D eigenvalue weighted by Gasteiger charge is -2.36. The number of hydrogen-bond donors (Lipinski definition) is 3. The minimum atomic E-state index is -3.73. The number of piperazine rings is 1. The molecule has 0 radical (unpaired) electrons. The molecule has 1 saturated heterocycles. The topological polar surface area (TPSA) is 150 Å². The molecule has 2 heterocycles. The highest BCUT2D eigenvalue weighted by Crippen LogP contribution is 2.32. The summed E-state index contributed by atoms with van der Waals surface area (Å²) in [5.41, 5.74) is 0.410. The lowest BCUT2D eigenvalue weighted by atomic mass is 9.79. The van der Waals surface area contributed by atoms with Gasteiger partial charge in [0, 0.05) is 39.0 Å². The lowest BCUT2D eigenvalue weighted by Crippen LogP contribution is -2.57. The second kappa shape index (κ2) is 15.3. The predicted molar refractivity (Wildman–Crippen MR) is 166 cm³/mol. The number of carbonyl (C=O) groups is 4. The Morgan fingerprint density at radius 3 is 2.30 bits per heavy atom. The van der Waals surface area contributed by atoms with Gasteiger partial charge in [-0.2, -0.15) is 8.78 Å². The maximum absolute atomic E-state index is 15.6. The predicted octanol–water partition coefficient (Wildman–Crippen LogP) is 3.35. The van der Waals surface area contributed by atoms with Crippen molar-refractivity contribution >= 4 is 29.3 Å². The van der Waals surface area contributed by atoms with Crippen LogP contribution in [-0.4, -0.2) is 95.0 Å². The summed E-state index contributed by atoms with van der Waals surface area (Å²) in [7, 11) is 1.90. The Kier molecular flexibility index (Phi) is 11.6. The number of rotatable bonds is 11. The van der Waals surface area contributed by atoms with Gasteiger partial charge in [-0.05, 0) is 61.0 Å². The summed E-state index contributed by atoms with van der Waals surface area (Å²) < 4.78 is 48.0. The van der Waals surface area contributed by atoms with E-state index in [1.165, 1.54) is 17.0 Å². The van der Waals surface area contributed by atoms with Gasteiger partial charge < -0.3 is 25.8 Å². The van der Waals surface area contributed by atoms with Gasteiger partial charge in [0.1, 0.15) is 23.6 Å². The van der Waals surface area contributed by atoms with Gasteiger partial charge in [-0.25, -0.2) is 9.02 Å². The third kappa shape index (κ3) is 8.87. The van der Waals surface area contributed by atoms with E-state index in [-0.39, 0.29) is 22.9 Å². The molecule has 15 heteroatoms. The number of likely N-dealkylation sites (N-methyl/N-ethyl adjacent to an activating group) is 1. The molecule has 3 atom stereocenters. The van der Waals surface area contributed by atoms with Crippen LogP contribution in [0.25, 0.3) is 0 Å². The second-order valence-corrected chi connectivity index (χ2v) is 12.9. The van der Waals surface area contributed by atoms with Crippen LogP contribution in [0, 0.1) is 17.7 Å². The average molecular weight is 664 g/mol. The van der Waals surface area contributed by atoms with Gasteiger partial charge in [0.2, 0.25) is 11.8 Å². The van der Waals surface area contributed by atoms with E-state index in [1.54, 1.807) is 13.8 Å². The van der Waals surface area contributed by atoms with E-state index in [2.05, 4.69) is 33.2 Å². The van der Waals surface area contributed by atoms with Crippen molar-refractivity contribution in [3.05, 3.63) is 41.0 Å². The van der Waals surface area contributed by atoms with Gasteiger partial charge in [0.25, 0.3) is 11.8 Å². The molecule has 12 nitrogen and oxygen atoms in total. The number of halogens is 3. The van der Waals surface area contributed by atoms with Crippen molar-refractivity contribution < 1.29 is 37.0 Å². The highest BCUT2D eigenvalue weighted by molar-refractivity contribution is 6.01. The summed E-state index contributed by atoms with van der Waals surface area (Å²) in [6.45, 7) is 7.73. The van der Waals surface area contributed by atoms with Gasteiger partial charge in [0.05, 0.1) is 5.69 Å². The number of anilines is 1. The molecule has 4 rings (SSSR count). The van der Waals surface area contributed by atoms with E-state index in [9.17, 15) is 28.0 Å². The van der Waals surface area contributed by atoms with Crippen LogP contribution in [0.4, 0.5) is 18.9 Å². The van der Waals surface area contributed by atoms with Crippen LogP contribution in [0.1, 0.15) is 81.0 Å². The van der Waals surface area contributed by atoms with E-state index in [1.807, 2.05) is 11.9 Å². The van der Waals surface area contributed by atoms with Crippen molar-refractivity contribution in [2.24, 2.45) is 11.8 Å². The number of aromatic nitrogens is 2. The van der Waals surface area contributed by atoms with Crippen molar-refractivity contribution in [2.75, 3.05) is 38.5 Å². The maximum Gasteiger partial charge on any atom is 0.321 e. The molecule has 1 aromatic heterocycles. The Labute approximate surface area is 272 Å². The molecule has 2 fully saturated rings. The number of hydrogen-bond acceptors (Lipinski definition) is 8. The SMILES string of the molecule is CCc1nonc1C(=O)N[C@H](C(=O)Nc1ccc([C@H](C)[C@@H](NC(=O)C(C)(F)F)C(=O)N2CCN(C)CC2)cc1F)[C@H]1CC[C@H](C)CC1. The molecule has 0 unspecified atom stereocenters. The Bertz CT molecular complexity index is 1430. The fourth-order valence-electron chi connectivity index (χ4n) is 6.05. The smallest absolute Gasteiger partial charge is 0.321 e. The standard InChI is InChI=1S/C32H44F3N7O5/c1-6-23-27(40-47-39-23)29(44)37-26(20-9-7-18(2)8-10-20)28(43)36-24-12-11-21(17-22(24)33)19(3)25(38-31(46)32(4,34)35)30(45)42-15-13-41(5)14-16-42/h11-12,17-20,25-26H,6-10,13-16H2,1-5H3,(H,36,43)(H,37,44)(H,38,46)/t18-,19-,20-,25+,26-/m0/s1. The number of carbonyl (C=O) groups excluding carboxylic acids is 4.